The molecule has 2 fully saturated rings. The van der Waals surface area contributed by atoms with Crippen molar-refractivity contribution in [2.75, 3.05) is 13.4 Å². The first kappa shape index (κ1) is 14.3. The van der Waals surface area contributed by atoms with Gasteiger partial charge >= 0.3 is 11.9 Å². The zero-order valence-corrected chi connectivity index (χ0v) is 11.6. The van der Waals surface area contributed by atoms with Crippen LogP contribution in [0, 0.1) is 17.8 Å². The Bertz CT molecular complexity index is 341. The molecule has 0 radical (unpaired) electrons. The molecule has 4 unspecified atom stereocenters. The summed E-state index contributed by atoms with van der Waals surface area (Å²) in [6.07, 6.45) is 3.00. The van der Waals surface area contributed by atoms with E-state index in [4.69, 9.17) is 14.2 Å². The second-order valence-electron chi connectivity index (χ2n) is 5.30. The quantitative estimate of drug-likeness (QED) is 0.419. The molecular formula is C14H22O5. The molecule has 108 valence electrons. The molecule has 5 nitrogen and oxygen atoms in total. The third-order valence-electron chi connectivity index (χ3n) is 4.12. The third-order valence-corrected chi connectivity index (χ3v) is 4.12. The number of hydrogen-bond donors (Lipinski definition) is 0. The highest BCUT2D eigenvalue weighted by Gasteiger charge is 2.51. The van der Waals surface area contributed by atoms with E-state index >= 15 is 0 Å². The molecule has 0 saturated heterocycles. The summed E-state index contributed by atoms with van der Waals surface area (Å²) >= 11 is 0. The van der Waals surface area contributed by atoms with Crippen LogP contribution in [-0.2, 0) is 23.8 Å². The van der Waals surface area contributed by atoms with E-state index in [1.807, 2.05) is 6.92 Å². The molecule has 0 N–H and O–H groups in total. The summed E-state index contributed by atoms with van der Waals surface area (Å²) in [7, 11) is 0. The van der Waals surface area contributed by atoms with Gasteiger partial charge in [-0.2, -0.15) is 0 Å². The van der Waals surface area contributed by atoms with Gasteiger partial charge in [0.25, 0.3) is 0 Å². The molecular weight excluding hydrogens is 248 g/mol. The highest BCUT2D eigenvalue weighted by Crippen LogP contribution is 2.50. The van der Waals surface area contributed by atoms with Gasteiger partial charge in [-0.05, 0) is 32.1 Å². The molecule has 4 atom stereocenters. The first-order valence-corrected chi connectivity index (χ1v) is 7.09. The van der Waals surface area contributed by atoms with Gasteiger partial charge in [0.05, 0.1) is 5.92 Å². The Kier molecular flexibility index (Phi) is 4.80. The molecule has 2 rings (SSSR count). The summed E-state index contributed by atoms with van der Waals surface area (Å²) in [5, 5.41) is 0. The molecule has 19 heavy (non-hydrogen) atoms. The van der Waals surface area contributed by atoms with Gasteiger partial charge in [-0.3, -0.25) is 9.59 Å². The Morgan fingerprint density at radius 2 is 1.95 bits per heavy atom. The predicted octanol–water partition coefficient (Wildman–Crippen LogP) is 1.89. The van der Waals surface area contributed by atoms with Crippen molar-refractivity contribution in [3.8, 4) is 0 Å². The fraction of sp³-hybridized carbons (Fsp3) is 0.857. The Labute approximate surface area is 113 Å². The summed E-state index contributed by atoms with van der Waals surface area (Å²) in [5.41, 5.74) is 0. The minimum atomic E-state index is -0.210. The number of esters is 2. The number of fused-ring (bicyclic) bond motifs is 2. The van der Waals surface area contributed by atoms with E-state index < -0.39 is 0 Å². The van der Waals surface area contributed by atoms with Gasteiger partial charge in [-0.25, -0.2) is 0 Å². The van der Waals surface area contributed by atoms with Gasteiger partial charge in [0, 0.05) is 18.9 Å². The SMILES string of the molecule is CCOCOC(=O)C1CC2CC(OC(=O)CC)C1C2. The first-order chi connectivity index (χ1) is 9.15. The van der Waals surface area contributed by atoms with Crippen LogP contribution >= 0.6 is 0 Å². The van der Waals surface area contributed by atoms with E-state index in [0.29, 0.717) is 18.9 Å². The largest absolute Gasteiger partial charge is 0.462 e. The first-order valence-electron chi connectivity index (χ1n) is 7.09. The van der Waals surface area contributed by atoms with Crippen molar-refractivity contribution in [2.24, 2.45) is 17.8 Å². The van der Waals surface area contributed by atoms with Crippen molar-refractivity contribution in [3.05, 3.63) is 0 Å². The molecule has 0 amide bonds. The lowest BCUT2D eigenvalue weighted by Crippen LogP contribution is -2.34. The summed E-state index contributed by atoms with van der Waals surface area (Å²) in [6.45, 7) is 4.18. The van der Waals surface area contributed by atoms with Gasteiger partial charge in [0.1, 0.15) is 6.10 Å². The number of rotatable bonds is 6. The van der Waals surface area contributed by atoms with Crippen LogP contribution in [-0.4, -0.2) is 31.4 Å². The van der Waals surface area contributed by atoms with Crippen LogP contribution < -0.4 is 0 Å². The monoisotopic (exact) mass is 270 g/mol. The normalized spacial score (nSPS) is 32.3. The average molecular weight is 270 g/mol. The van der Waals surface area contributed by atoms with Gasteiger partial charge in [0.2, 0.25) is 0 Å². The van der Waals surface area contributed by atoms with Gasteiger partial charge < -0.3 is 14.2 Å². The summed E-state index contributed by atoms with van der Waals surface area (Å²) < 4.78 is 15.5. The molecule has 0 aromatic heterocycles. The second-order valence-corrected chi connectivity index (χ2v) is 5.30. The maximum absolute atomic E-state index is 12.0. The zero-order chi connectivity index (χ0) is 13.8. The fourth-order valence-electron chi connectivity index (χ4n) is 3.23. The minimum absolute atomic E-state index is 0.0165. The van der Waals surface area contributed by atoms with Crippen LogP contribution in [0.1, 0.15) is 39.5 Å². The van der Waals surface area contributed by atoms with Gasteiger partial charge in [-0.15, -0.1) is 0 Å². The van der Waals surface area contributed by atoms with Crippen LogP contribution in [0.15, 0.2) is 0 Å². The lowest BCUT2D eigenvalue weighted by molar-refractivity contribution is -0.168. The lowest BCUT2D eigenvalue weighted by atomic mass is 9.86. The highest BCUT2D eigenvalue weighted by molar-refractivity contribution is 5.74. The van der Waals surface area contributed by atoms with Crippen molar-refractivity contribution >= 4 is 11.9 Å². The van der Waals surface area contributed by atoms with Crippen molar-refractivity contribution in [1.82, 2.24) is 0 Å². The molecule has 0 aliphatic heterocycles. The molecule has 0 heterocycles. The van der Waals surface area contributed by atoms with Crippen LogP contribution in [0.2, 0.25) is 0 Å². The Balaban J connectivity index is 1.86. The number of carbonyl (C=O) groups excluding carboxylic acids is 2. The average Bonchev–Trinajstić information content (AvgIpc) is 2.98. The van der Waals surface area contributed by atoms with E-state index in [9.17, 15) is 9.59 Å². The minimum Gasteiger partial charge on any atom is -0.462 e. The number of hydrogen-bond acceptors (Lipinski definition) is 5. The molecule has 5 heteroatoms. The molecule has 2 aliphatic carbocycles. The number of ether oxygens (including phenoxy) is 3. The zero-order valence-electron chi connectivity index (χ0n) is 11.6. The highest BCUT2D eigenvalue weighted by atomic mass is 16.7. The van der Waals surface area contributed by atoms with Crippen molar-refractivity contribution < 1.29 is 23.8 Å². The predicted molar refractivity (Wildman–Crippen MR) is 67.1 cm³/mol. The van der Waals surface area contributed by atoms with Gasteiger partial charge in [0.15, 0.2) is 6.79 Å². The lowest BCUT2D eigenvalue weighted by Gasteiger charge is -2.27. The van der Waals surface area contributed by atoms with E-state index in [-0.39, 0.29) is 36.7 Å². The van der Waals surface area contributed by atoms with Crippen molar-refractivity contribution in [1.29, 1.82) is 0 Å². The molecule has 2 aliphatic rings. The van der Waals surface area contributed by atoms with Gasteiger partial charge in [-0.1, -0.05) is 6.92 Å². The van der Waals surface area contributed by atoms with Crippen LogP contribution in [0.25, 0.3) is 0 Å². The van der Waals surface area contributed by atoms with Crippen LogP contribution in [0.4, 0.5) is 0 Å². The Morgan fingerprint density at radius 1 is 1.16 bits per heavy atom. The fourth-order valence-corrected chi connectivity index (χ4v) is 3.23. The second kappa shape index (κ2) is 6.37. The smallest absolute Gasteiger partial charge is 0.311 e. The Morgan fingerprint density at radius 3 is 2.58 bits per heavy atom. The standard InChI is InChI=1S/C14H22O5/c1-3-13(15)19-12-7-9-5-10(12)11(6-9)14(16)18-8-17-4-2/h9-12H,3-8H2,1-2H3. The maximum Gasteiger partial charge on any atom is 0.311 e. The summed E-state index contributed by atoms with van der Waals surface area (Å²) in [6, 6.07) is 0. The topological polar surface area (TPSA) is 61.8 Å². The molecule has 0 aromatic carbocycles. The summed E-state index contributed by atoms with van der Waals surface area (Å²) in [4.78, 5) is 23.3. The van der Waals surface area contributed by atoms with E-state index in [1.165, 1.54) is 0 Å². The summed E-state index contributed by atoms with van der Waals surface area (Å²) in [5.74, 6) is 0.102. The third kappa shape index (κ3) is 3.26. The maximum atomic E-state index is 12.0. The van der Waals surface area contributed by atoms with Crippen molar-refractivity contribution in [3.63, 3.8) is 0 Å². The van der Waals surface area contributed by atoms with Crippen molar-refractivity contribution in [2.45, 2.75) is 45.6 Å². The van der Waals surface area contributed by atoms with E-state index in [2.05, 4.69) is 0 Å². The Hall–Kier alpha value is -1.10. The van der Waals surface area contributed by atoms with Crippen LogP contribution in [0.5, 0.6) is 0 Å². The van der Waals surface area contributed by atoms with E-state index in [1.54, 1.807) is 6.92 Å². The number of carbonyl (C=O) groups is 2. The molecule has 0 spiro atoms. The molecule has 2 saturated carbocycles. The van der Waals surface area contributed by atoms with Crippen LogP contribution in [0.3, 0.4) is 0 Å². The van der Waals surface area contributed by atoms with E-state index in [0.717, 1.165) is 19.3 Å². The molecule has 2 bridgehead atoms. The molecule has 0 aromatic rings.